The summed E-state index contributed by atoms with van der Waals surface area (Å²) in [5.41, 5.74) is 1.67. The molecule has 0 spiro atoms. The molecule has 0 radical (unpaired) electrons. The van der Waals surface area contributed by atoms with E-state index in [-0.39, 0.29) is 5.54 Å². The van der Waals surface area contributed by atoms with Crippen LogP contribution in [0.1, 0.15) is 66.2 Å². The van der Waals surface area contributed by atoms with Gasteiger partial charge in [0.2, 0.25) is 0 Å². The second-order valence-corrected chi connectivity index (χ2v) is 6.49. The van der Waals surface area contributed by atoms with Crippen molar-refractivity contribution in [2.45, 2.75) is 71.8 Å². The maximum Gasteiger partial charge on any atom is 0.0520 e. The van der Waals surface area contributed by atoms with Crippen molar-refractivity contribution in [2.75, 3.05) is 0 Å². The molecule has 0 amide bonds. The second kappa shape index (κ2) is 5.16. The molecule has 0 aliphatic heterocycles. The lowest BCUT2D eigenvalue weighted by Crippen LogP contribution is -2.27. The first-order chi connectivity index (χ1) is 7.33. The summed E-state index contributed by atoms with van der Waals surface area (Å²) in [4.78, 5) is 4.74. The highest BCUT2D eigenvalue weighted by Crippen LogP contribution is 2.39. The molecule has 16 heavy (non-hydrogen) atoms. The van der Waals surface area contributed by atoms with Crippen molar-refractivity contribution in [3.8, 4) is 0 Å². The van der Waals surface area contributed by atoms with Crippen LogP contribution in [0.15, 0.2) is 17.1 Å². The molecule has 0 aromatic heterocycles. The molecule has 0 bridgehead atoms. The van der Waals surface area contributed by atoms with Gasteiger partial charge in [-0.3, -0.25) is 4.99 Å². The van der Waals surface area contributed by atoms with Crippen LogP contribution in [-0.4, -0.2) is 11.8 Å². The van der Waals surface area contributed by atoms with Gasteiger partial charge in [-0.2, -0.15) is 0 Å². The van der Waals surface area contributed by atoms with Crippen LogP contribution in [0.5, 0.6) is 0 Å². The van der Waals surface area contributed by atoms with Crippen LogP contribution in [0, 0.1) is 5.41 Å². The van der Waals surface area contributed by atoms with Crippen LogP contribution in [0.25, 0.3) is 0 Å². The van der Waals surface area contributed by atoms with E-state index in [0.717, 1.165) is 6.42 Å². The Labute approximate surface area is 101 Å². The standard InChI is InChI=1S/C15H27N/c1-13(2)11-15(9-7-6-8-10-15)12-16-14(3,4)5/h12H,1,6-11H2,2-5H3. The molecule has 1 rings (SSSR count). The molecule has 0 heterocycles. The van der Waals surface area contributed by atoms with E-state index in [4.69, 9.17) is 4.99 Å². The van der Waals surface area contributed by atoms with Gasteiger partial charge in [0, 0.05) is 11.6 Å². The summed E-state index contributed by atoms with van der Waals surface area (Å²) in [5.74, 6) is 0. The Morgan fingerprint density at radius 3 is 2.25 bits per heavy atom. The number of allylic oxidation sites excluding steroid dienone is 1. The van der Waals surface area contributed by atoms with Gasteiger partial charge in [-0.25, -0.2) is 0 Å². The molecule has 1 heteroatoms. The molecule has 1 aliphatic carbocycles. The van der Waals surface area contributed by atoms with Crippen LogP contribution in [0.4, 0.5) is 0 Å². The summed E-state index contributed by atoms with van der Waals surface area (Å²) in [5, 5.41) is 0. The van der Waals surface area contributed by atoms with Gasteiger partial charge in [-0.15, -0.1) is 6.58 Å². The van der Waals surface area contributed by atoms with Crippen LogP contribution < -0.4 is 0 Å². The highest BCUT2D eigenvalue weighted by molar-refractivity contribution is 5.67. The predicted molar refractivity (Wildman–Crippen MR) is 73.2 cm³/mol. The Morgan fingerprint density at radius 1 is 1.25 bits per heavy atom. The Hall–Kier alpha value is -0.590. The van der Waals surface area contributed by atoms with E-state index < -0.39 is 0 Å². The average molecular weight is 221 g/mol. The maximum atomic E-state index is 4.74. The lowest BCUT2D eigenvalue weighted by Gasteiger charge is -2.35. The first kappa shape index (κ1) is 13.5. The van der Waals surface area contributed by atoms with Crippen molar-refractivity contribution in [1.29, 1.82) is 0 Å². The van der Waals surface area contributed by atoms with E-state index in [1.165, 1.54) is 37.7 Å². The molecule has 0 saturated heterocycles. The topological polar surface area (TPSA) is 12.4 Å². The third kappa shape index (κ3) is 4.51. The van der Waals surface area contributed by atoms with E-state index in [1.54, 1.807) is 0 Å². The van der Waals surface area contributed by atoms with Crippen LogP contribution >= 0.6 is 0 Å². The molecule has 0 atom stereocenters. The van der Waals surface area contributed by atoms with Gasteiger partial charge in [0.1, 0.15) is 0 Å². The minimum atomic E-state index is 0.0551. The fraction of sp³-hybridized carbons (Fsp3) is 0.800. The lowest BCUT2D eigenvalue weighted by molar-refractivity contribution is 0.286. The zero-order chi connectivity index (χ0) is 12.2. The number of rotatable bonds is 3. The number of aliphatic imine (C=N–C) groups is 1. The van der Waals surface area contributed by atoms with E-state index >= 15 is 0 Å². The van der Waals surface area contributed by atoms with Gasteiger partial charge in [-0.1, -0.05) is 24.8 Å². The molecule has 0 aromatic rings. The summed E-state index contributed by atoms with van der Waals surface area (Å²) in [6.45, 7) is 12.7. The molecule has 0 aromatic carbocycles. The third-order valence-corrected chi connectivity index (χ3v) is 3.23. The van der Waals surface area contributed by atoms with Gasteiger partial charge in [0.25, 0.3) is 0 Å². The Kier molecular flexibility index (Phi) is 4.35. The smallest absolute Gasteiger partial charge is 0.0520 e. The third-order valence-electron chi connectivity index (χ3n) is 3.23. The normalized spacial score (nSPS) is 21.2. The highest BCUT2D eigenvalue weighted by atomic mass is 14.8. The van der Waals surface area contributed by atoms with Crippen LogP contribution in [0.3, 0.4) is 0 Å². The SMILES string of the molecule is C=C(C)CC1(C=NC(C)(C)C)CCCCC1. The fourth-order valence-corrected chi connectivity index (χ4v) is 2.54. The predicted octanol–water partition coefficient (Wildman–Crippen LogP) is 4.77. The summed E-state index contributed by atoms with van der Waals surface area (Å²) < 4.78 is 0. The zero-order valence-corrected chi connectivity index (χ0v) is 11.5. The second-order valence-electron chi connectivity index (χ2n) is 6.49. The minimum Gasteiger partial charge on any atom is -0.291 e. The van der Waals surface area contributed by atoms with Gasteiger partial charge < -0.3 is 0 Å². The molecule has 1 fully saturated rings. The first-order valence-corrected chi connectivity index (χ1v) is 6.54. The van der Waals surface area contributed by atoms with Crippen molar-refractivity contribution >= 4 is 6.21 Å². The molecular weight excluding hydrogens is 194 g/mol. The van der Waals surface area contributed by atoms with Crippen molar-refractivity contribution in [3.05, 3.63) is 12.2 Å². The van der Waals surface area contributed by atoms with Gasteiger partial charge >= 0.3 is 0 Å². The average Bonchev–Trinajstić information content (AvgIpc) is 2.14. The van der Waals surface area contributed by atoms with Crippen LogP contribution in [-0.2, 0) is 0 Å². The Balaban J connectivity index is 2.77. The molecule has 1 aliphatic rings. The summed E-state index contributed by atoms with van der Waals surface area (Å²) in [7, 11) is 0. The number of hydrogen-bond acceptors (Lipinski definition) is 1. The number of hydrogen-bond donors (Lipinski definition) is 0. The van der Waals surface area contributed by atoms with Crippen molar-refractivity contribution in [3.63, 3.8) is 0 Å². The molecule has 0 unspecified atom stereocenters. The van der Waals surface area contributed by atoms with Crippen molar-refractivity contribution < 1.29 is 0 Å². The summed E-state index contributed by atoms with van der Waals surface area (Å²) >= 11 is 0. The maximum absolute atomic E-state index is 4.74. The summed E-state index contributed by atoms with van der Waals surface area (Å²) in [6, 6.07) is 0. The van der Waals surface area contributed by atoms with Crippen molar-refractivity contribution in [2.24, 2.45) is 10.4 Å². The summed E-state index contributed by atoms with van der Waals surface area (Å²) in [6.07, 6.45) is 10.0. The van der Waals surface area contributed by atoms with Gasteiger partial charge in [-0.05, 0) is 47.0 Å². The molecule has 1 nitrogen and oxygen atoms in total. The van der Waals surface area contributed by atoms with Gasteiger partial charge in [0.15, 0.2) is 0 Å². The lowest BCUT2D eigenvalue weighted by atomic mass is 9.71. The fourth-order valence-electron chi connectivity index (χ4n) is 2.54. The highest BCUT2D eigenvalue weighted by Gasteiger charge is 2.30. The largest absolute Gasteiger partial charge is 0.291 e. The molecule has 92 valence electrons. The quantitative estimate of drug-likeness (QED) is 0.481. The number of nitrogens with zero attached hydrogens (tertiary/aromatic N) is 1. The minimum absolute atomic E-state index is 0.0551. The first-order valence-electron chi connectivity index (χ1n) is 6.54. The molecule has 0 N–H and O–H groups in total. The van der Waals surface area contributed by atoms with Gasteiger partial charge in [0.05, 0.1) is 5.54 Å². The van der Waals surface area contributed by atoms with E-state index in [1.807, 2.05) is 0 Å². The zero-order valence-electron chi connectivity index (χ0n) is 11.5. The molecule has 1 saturated carbocycles. The van der Waals surface area contributed by atoms with Crippen molar-refractivity contribution in [1.82, 2.24) is 0 Å². The van der Waals surface area contributed by atoms with E-state index in [0.29, 0.717) is 5.41 Å². The Bertz CT molecular complexity index is 262. The Morgan fingerprint density at radius 2 is 1.81 bits per heavy atom. The molecular formula is C15H27N. The monoisotopic (exact) mass is 221 g/mol. The van der Waals surface area contributed by atoms with Crippen LogP contribution in [0.2, 0.25) is 0 Å². The van der Waals surface area contributed by atoms with E-state index in [2.05, 4.69) is 40.5 Å². The van der Waals surface area contributed by atoms with E-state index in [9.17, 15) is 0 Å².